The van der Waals surface area contributed by atoms with Gasteiger partial charge in [-0.1, -0.05) is 13.5 Å². The highest BCUT2D eigenvalue weighted by Crippen LogP contribution is 2.35. The molecule has 0 aromatic heterocycles. The van der Waals surface area contributed by atoms with Crippen molar-refractivity contribution < 1.29 is 24.1 Å². The van der Waals surface area contributed by atoms with Gasteiger partial charge in [-0.05, 0) is 74.6 Å². The normalized spacial score (nSPS) is 10.4. The number of allylic oxidation sites excluding steroid dienone is 1. The third kappa shape index (κ3) is 5.52. The van der Waals surface area contributed by atoms with Gasteiger partial charge in [-0.15, -0.1) is 0 Å². The van der Waals surface area contributed by atoms with Gasteiger partial charge in [0, 0.05) is 11.1 Å². The zero-order valence-electron chi connectivity index (χ0n) is 16.8. The number of unbranched alkanes of at least 4 members (excludes halogenated alkanes) is 1. The second-order valence-electron chi connectivity index (χ2n) is 6.59. The lowest BCUT2D eigenvalue weighted by Crippen LogP contribution is -2.04. The molecule has 0 saturated heterocycles. The summed E-state index contributed by atoms with van der Waals surface area (Å²) in [6, 6.07) is 8.99. The molecule has 1 N–H and O–H groups in total. The average Bonchev–Trinajstić information content (AvgIpc) is 2.68. The van der Waals surface area contributed by atoms with Crippen molar-refractivity contribution in [1.29, 1.82) is 0 Å². The fourth-order valence-electron chi connectivity index (χ4n) is 2.79. The van der Waals surface area contributed by atoms with Crippen molar-refractivity contribution in [2.45, 2.75) is 40.0 Å². The van der Waals surface area contributed by atoms with Crippen LogP contribution in [-0.2, 0) is 4.79 Å². The van der Waals surface area contributed by atoms with Crippen LogP contribution < -0.4 is 14.2 Å². The molecule has 2 aromatic rings. The number of ether oxygens (including phenoxy) is 3. The maximum Gasteiger partial charge on any atom is 0.298 e. The van der Waals surface area contributed by atoms with Gasteiger partial charge in [-0.2, -0.15) is 0 Å². The predicted molar refractivity (Wildman–Crippen MR) is 110 cm³/mol. The van der Waals surface area contributed by atoms with Crippen LogP contribution in [0.2, 0.25) is 0 Å². The number of phenols is 1. The van der Waals surface area contributed by atoms with Gasteiger partial charge in [-0.25, -0.2) is 0 Å². The number of carbonyl (C=O) groups is 1. The molecule has 5 nitrogen and oxygen atoms in total. The molecule has 2 rings (SSSR count). The highest BCUT2D eigenvalue weighted by Gasteiger charge is 2.11. The summed E-state index contributed by atoms with van der Waals surface area (Å²) < 4.78 is 16.4. The monoisotopic (exact) mass is 384 g/mol. The largest absolute Gasteiger partial charge is 0.507 e. The summed E-state index contributed by atoms with van der Waals surface area (Å²) in [5.74, 6) is 2.20. The molecule has 0 radical (unpaired) electrons. The minimum atomic E-state index is 0.241. The van der Waals surface area contributed by atoms with Gasteiger partial charge in [-0.3, -0.25) is 4.79 Å². The summed E-state index contributed by atoms with van der Waals surface area (Å²) in [6.07, 6.45) is 2.45. The Hall–Kier alpha value is -2.95. The quantitative estimate of drug-likeness (QED) is 0.426. The van der Waals surface area contributed by atoms with E-state index in [1.165, 1.54) is 0 Å². The van der Waals surface area contributed by atoms with Gasteiger partial charge in [0.15, 0.2) is 0 Å². The summed E-state index contributed by atoms with van der Waals surface area (Å²) in [6.45, 7) is 11.3. The molecule has 0 atom stereocenters. The molecule has 2 aromatic carbocycles. The molecule has 0 bridgehead atoms. The van der Waals surface area contributed by atoms with E-state index in [1.54, 1.807) is 18.2 Å². The van der Waals surface area contributed by atoms with E-state index in [-0.39, 0.29) is 5.75 Å². The molecule has 0 spiro atoms. The first-order valence-corrected chi connectivity index (χ1v) is 9.45. The summed E-state index contributed by atoms with van der Waals surface area (Å²) in [5, 5.41) is 10.3. The lowest BCUT2D eigenvalue weighted by molar-refractivity contribution is -0.120. The van der Waals surface area contributed by atoms with Gasteiger partial charge < -0.3 is 19.3 Å². The fraction of sp³-hybridized carbons (Fsp3) is 0.348. The highest BCUT2D eigenvalue weighted by atomic mass is 16.5. The van der Waals surface area contributed by atoms with Crippen LogP contribution >= 0.6 is 0 Å². The van der Waals surface area contributed by atoms with E-state index < -0.39 is 0 Å². The van der Waals surface area contributed by atoms with Crippen molar-refractivity contribution in [2.24, 2.45) is 0 Å². The first kappa shape index (κ1) is 21.4. The molecule has 150 valence electrons. The van der Waals surface area contributed by atoms with Crippen molar-refractivity contribution in [3.63, 3.8) is 0 Å². The minimum absolute atomic E-state index is 0.241. The molecule has 0 heterocycles. The van der Waals surface area contributed by atoms with E-state index in [9.17, 15) is 9.90 Å². The van der Waals surface area contributed by atoms with Crippen molar-refractivity contribution in [3.05, 3.63) is 53.6 Å². The Balaban J connectivity index is 1.77. The molecule has 0 saturated carbocycles. The van der Waals surface area contributed by atoms with E-state index >= 15 is 0 Å². The van der Waals surface area contributed by atoms with Crippen molar-refractivity contribution in [2.75, 3.05) is 13.2 Å². The van der Waals surface area contributed by atoms with Crippen molar-refractivity contribution >= 4 is 12.0 Å². The number of carbonyl (C=O) groups excluding carboxylic acids is 1. The fourth-order valence-corrected chi connectivity index (χ4v) is 2.79. The maximum atomic E-state index is 10.4. The number of hydrogen-bond donors (Lipinski definition) is 1. The summed E-state index contributed by atoms with van der Waals surface area (Å²) >= 11 is 0. The Morgan fingerprint density at radius 3 is 2.32 bits per heavy atom. The lowest BCUT2D eigenvalue weighted by atomic mass is 10.0. The van der Waals surface area contributed by atoms with E-state index in [2.05, 4.69) is 6.58 Å². The number of hydrogen-bond acceptors (Lipinski definition) is 5. The highest BCUT2D eigenvalue weighted by molar-refractivity contribution is 5.71. The van der Waals surface area contributed by atoms with Crippen LogP contribution in [-0.4, -0.2) is 24.8 Å². The van der Waals surface area contributed by atoms with Gasteiger partial charge in [0.2, 0.25) is 0 Å². The topological polar surface area (TPSA) is 65.0 Å². The molecule has 0 aliphatic heterocycles. The number of aryl methyl sites for hydroxylation is 1. The molecule has 0 aliphatic rings. The van der Waals surface area contributed by atoms with Crippen LogP contribution in [0, 0.1) is 13.8 Å². The van der Waals surface area contributed by atoms with E-state index in [4.69, 9.17) is 14.2 Å². The second-order valence-corrected chi connectivity index (χ2v) is 6.59. The average molecular weight is 384 g/mol. The van der Waals surface area contributed by atoms with Gasteiger partial charge in [0.05, 0.1) is 13.2 Å². The Bertz CT molecular complexity index is 826. The van der Waals surface area contributed by atoms with Crippen molar-refractivity contribution in [3.8, 4) is 23.0 Å². The Labute approximate surface area is 166 Å². The van der Waals surface area contributed by atoms with Crippen LogP contribution in [0.1, 0.15) is 42.9 Å². The third-order valence-corrected chi connectivity index (χ3v) is 4.57. The third-order valence-electron chi connectivity index (χ3n) is 4.57. The number of phenolic OH excluding ortho intramolecular Hbond substituents is 1. The molecule has 0 aliphatic carbocycles. The van der Waals surface area contributed by atoms with Gasteiger partial charge in [0.25, 0.3) is 6.47 Å². The predicted octanol–water partition coefficient (Wildman–Crippen LogP) is 5.21. The van der Waals surface area contributed by atoms with E-state index in [0.717, 1.165) is 47.3 Å². The molecular formula is C23H28O5. The molecule has 0 unspecified atom stereocenters. The van der Waals surface area contributed by atoms with Crippen LogP contribution in [0.3, 0.4) is 0 Å². The molecule has 28 heavy (non-hydrogen) atoms. The van der Waals surface area contributed by atoms with Crippen molar-refractivity contribution in [1.82, 2.24) is 0 Å². The van der Waals surface area contributed by atoms with Crippen LogP contribution in [0.4, 0.5) is 0 Å². The Morgan fingerprint density at radius 2 is 1.71 bits per heavy atom. The van der Waals surface area contributed by atoms with E-state index in [0.29, 0.717) is 31.2 Å². The van der Waals surface area contributed by atoms with Gasteiger partial charge >= 0.3 is 0 Å². The van der Waals surface area contributed by atoms with Crippen LogP contribution in [0.5, 0.6) is 23.0 Å². The SMILES string of the molecule is C=C(CC)c1ccc(OCCCCOc2ccc(OC=O)cc2C)c(C)c1O. The summed E-state index contributed by atoms with van der Waals surface area (Å²) in [7, 11) is 0. The first-order chi connectivity index (χ1) is 13.5. The number of aromatic hydroxyl groups is 1. The Kier molecular flexibility index (Phi) is 7.93. The minimum Gasteiger partial charge on any atom is -0.507 e. The first-order valence-electron chi connectivity index (χ1n) is 9.45. The van der Waals surface area contributed by atoms with E-state index in [1.807, 2.05) is 32.9 Å². The smallest absolute Gasteiger partial charge is 0.298 e. The molecule has 0 amide bonds. The summed E-state index contributed by atoms with van der Waals surface area (Å²) in [5.41, 5.74) is 3.33. The molecule has 5 heteroatoms. The Morgan fingerprint density at radius 1 is 1.07 bits per heavy atom. The number of rotatable bonds is 11. The lowest BCUT2D eigenvalue weighted by Gasteiger charge is -2.14. The van der Waals surface area contributed by atoms with Crippen LogP contribution in [0.25, 0.3) is 5.57 Å². The van der Waals surface area contributed by atoms with Crippen LogP contribution in [0.15, 0.2) is 36.9 Å². The standard InChI is InChI=1S/C23H28O5/c1-5-16(2)20-9-11-22(18(4)23(20)25)27-13-7-6-12-26-21-10-8-19(28-15-24)14-17(21)3/h8-11,14-15,25H,2,5-7,12-13H2,1,3-4H3. The zero-order valence-corrected chi connectivity index (χ0v) is 16.8. The van der Waals surface area contributed by atoms with Gasteiger partial charge in [0.1, 0.15) is 23.0 Å². The summed E-state index contributed by atoms with van der Waals surface area (Å²) in [4.78, 5) is 10.4. The maximum absolute atomic E-state index is 10.4. The molecule has 0 fully saturated rings. The second kappa shape index (κ2) is 10.4. The number of benzene rings is 2. The molecular weight excluding hydrogens is 356 g/mol. The zero-order chi connectivity index (χ0) is 20.5.